The van der Waals surface area contributed by atoms with Gasteiger partial charge in [-0.2, -0.15) is 0 Å². The summed E-state index contributed by atoms with van der Waals surface area (Å²) in [7, 11) is 0. The van der Waals surface area contributed by atoms with E-state index < -0.39 is 35.0 Å². The fourth-order valence-corrected chi connectivity index (χ4v) is 9.14. The molecule has 4 aromatic carbocycles. The Hall–Kier alpha value is -5.64. The minimum absolute atomic E-state index is 0.0800. The van der Waals surface area contributed by atoms with E-state index in [1.54, 1.807) is 48.5 Å². The summed E-state index contributed by atoms with van der Waals surface area (Å²) in [6, 6.07) is 18.6. The molecule has 0 bridgehead atoms. The summed E-state index contributed by atoms with van der Waals surface area (Å²) >= 11 is 0. The zero-order chi connectivity index (χ0) is 47.0. The van der Waals surface area contributed by atoms with Crippen molar-refractivity contribution in [3.63, 3.8) is 0 Å². The van der Waals surface area contributed by atoms with E-state index in [1.165, 1.54) is 128 Å². The van der Waals surface area contributed by atoms with Crippen LogP contribution in [0.1, 0.15) is 177 Å². The maximum Gasteiger partial charge on any atom is 0.228 e. The van der Waals surface area contributed by atoms with Gasteiger partial charge < -0.3 is 9.47 Å². The van der Waals surface area contributed by atoms with Gasteiger partial charge in [-0.3, -0.25) is 29.0 Å². The monoisotopic (exact) mass is 903 g/mol. The maximum absolute atomic E-state index is 15.7. The van der Waals surface area contributed by atoms with E-state index in [0.29, 0.717) is 35.8 Å². The molecule has 0 aromatic heterocycles. The van der Waals surface area contributed by atoms with Crippen LogP contribution in [0.5, 0.6) is 11.5 Å². The third-order valence-electron chi connectivity index (χ3n) is 12.7. The molecule has 2 aliphatic heterocycles. The number of anilines is 2. The predicted molar refractivity (Wildman–Crippen MR) is 260 cm³/mol. The summed E-state index contributed by atoms with van der Waals surface area (Å²) in [5, 5.41) is 0. The number of amides is 2. The van der Waals surface area contributed by atoms with Crippen LogP contribution in [0, 0.1) is 11.6 Å². The van der Waals surface area contributed by atoms with E-state index in [2.05, 4.69) is 13.8 Å². The molecule has 352 valence electrons. The van der Waals surface area contributed by atoms with Gasteiger partial charge in [0, 0.05) is 48.2 Å². The summed E-state index contributed by atoms with van der Waals surface area (Å²) < 4.78 is 43.1. The standard InChI is InChI=1S/C56H68F2N2O6/c1-5-7-9-11-13-15-17-19-21-23-33-65-43-27-29-45(49(57)37-43)41-25-31-51-47(35-41)55(63)53(59(51)39(3)61)54-56(64)48-36-42(26-32-52(48)60(54)40(4)62)46-30-28-44(38-50(46)58)66-34-24-22-20-18-16-14-12-10-8-6-2/h25-32,35-38H,5-24,33-34H2,1-4H3/b54-53+. The van der Waals surface area contributed by atoms with Crippen molar-refractivity contribution in [1.29, 1.82) is 0 Å². The molecule has 4 aromatic rings. The predicted octanol–water partition coefficient (Wildman–Crippen LogP) is 14.9. The summed E-state index contributed by atoms with van der Waals surface area (Å²) in [5.41, 5.74) is 1.27. The van der Waals surface area contributed by atoms with Gasteiger partial charge in [-0.05, 0) is 72.5 Å². The molecule has 2 amide bonds. The molecule has 0 unspecified atom stereocenters. The summed E-state index contributed by atoms with van der Waals surface area (Å²) in [6.07, 6.45) is 24.1. The number of Topliss-reactive ketones (excluding diaryl/α,β-unsaturated/α-hetero) is 2. The molecule has 0 atom stereocenters. The molecular weight excluding hydrogens is 835 g/mol. The highest BCUT2D eigenvalue weighted by Gasteiger charge is 2.45. The highest BCUT2D eigenvalue weighted by atomic mass is 19.1. The molecule has 8 nitrogen and oxygen atoms in total. The van der Waals surface area contributed by atoms with Crippen LogP contribution in [-0.4, -0.2) is 36.6 Å². The Morgan fingerprint density at radius 1 is 0.439 bits per heavy atom. The first-order valence-electron chi connectivity index (χ1n) is 24.6. The Morgan fingerprint density at radius 3 is 1.09 bits per heavy atom. The van der Waals surface area contributed by atoms with Gasteiger partial charge in [0.2, 0.25) is 23.4 Å². The third kappa shape index (κ3) is 12.4. The van der Waals surface area contributed by atoms with Crippen LogP contribution in [0.4, 0.5) is 20.2 Å². The summed E-state index contributed by atoms with van der Waals surface area (Å²) in [6.45, 7) is 7.96. The fourth-order valence-electron chi connectivity index (χ4n) is 9.14. The van der Waals surface area contributed by atoms with Crippen LogP contribution in [0.3, 0.4) is 0 Å². The average Bonchev–Trinajstić information content (AvgIpc) is 3.76. The van der Waals surface area contributed by atoms with Crippen LogP contribution in [-0.2, 0) is 9.59 Å². The number of hydrogen-bond donors (Lipinski definition) is 0. The molecule has 2 aliphatic rings. The van der Waals surface area contributed by atoms with E-state index >= 15 is 8.78 Å². The minimum Gasteiger partial charge on any atom is -0.493 e. The summed E-state index contributed by atoms with van der Waals surface area (Å²) in [5.74, 6) is -2.70. The van der Waals surface area contributed by atoms with Gasteiger partial charge in [-0.1, -0.05) is 142 Å². The van der Waals surface area contributed by atoms with Crippen LogP contribution in [0.2, 0.25) is 0 Å². The second-order valence-corrected chi connectivity index (χ2v) is 17.9. The van der Waals surface area contributed by atoms with Crippen molar-refractivity contribution in [1.82, 2.24) is 0 Å². The molecule has 0 N–H and O–H groups in total. The third-order valence-corrected chi connectivity index (χ3v) is 12.7. The highest BCUT2D eigenvalue weighted by molar-refractivity contribution is 6.34. The molecule has 0 fully saturated rings. The van der Waals surface area contributed by atoms with Crippen LogP contribution in [0.25, 0.3) is 22.3 Å². The van der Waals surface area contributed by atoms with Crippen molar-refractivity contribution in [3.8, 4) is 33.8 Å². The van der Waals surface area contributed by atoms with Crippen molar-refractivity contribution in [2.24, 2.45) is 0 Å². The Kier molecular flexibility index (Phi) is 18.7. The van der Waals surface area contributed by atoms with Crippen molar-refractivity contribution in [3.05, 3.63) is 107 Å². The Bertz CT molecular complexity index is 2210. The van der Waals surface area contributed by atoms with E-state index in [1.807, 2.05) is 0 Å². The number of benzene rings is 4. The molecule has 0 saturated heterocycles. The molecule has 0 spiro atoms. The van der Waals surface area contributed by atoms with Gasteiger partial charge in [0.1, 0.15) is 34.5 Å². The number of rotatable bonds is 26. The SMILES string of the molecule is CCCCCCCCCCCCOc1ccc(-c2ccc3c(c2)C(=O)/C(=C2/C(=O)c4cc(-c5ccc(OCCCCCCCCCCCC)cc5F)ccc4N2C(C)=O)N3C(C)=O)c(F)c1. The van der Waals surface area contributed by atoms with Crippen LogP contribution < -0.4 is 19.3 Å². The first-order valence-corrected chi connectivity index (χ1v) is 24.6. The number of halogens is 2. The number of carbonyl (C=O) groups is 4. The number of nitrogens with zero attached hydrogens (tertiary/aromatic N) is 2. The number of carbonyl (C=O) groups excluding carboxylic acids is 4. The average molecular weight is 903 g/mol. The number of allylic oxidation sites excluding steroid dienone is 2. The number of ether oxygens (including phenoxy) is 2. The smallest absolute Gasteiger partial charge is 0.228 e. The molecule has 6 rings (SSSR count). The van der Waals surface area contributed by atoms with Gasteiger partial charge in [-0.15, -0.1) is 0 Å². The Balaban J connectivity index is 1.12. The Morgan fingerprint density at radius 2 is 0.773 bits per heavy atom. The Labute approximate surface area is 390 Å². The normalized spacial score (nSPS) is 14.3. The van der Waals surface area contributed by atoms with Crippen molar-refractivity contribution < 1.29 is 37.4 Å². The summed E-state index contributed by atoms with van der Waals surface area (Å²) in [4.78, 5) is 57.7. The topological polar surface area (TPSA) is 93.2 Å². The molecule has 0 radical (unpaired) electrons. The first-order chi connectivity index (χ1) is 32.0. The number of fused-ring (bicyclic) bond motifs is 2. The second-order valence-electron chi connectivity index (χ2n) is 17.9. The lowest BCUT2D eigenvalue weighted by Gasteiger charge is -2.22. The van der Waals surface area contributed by atoms with E-state index in [9.17, 15) is 19.2 Å². The van der Waals surface area contributed by atoms with E-state index in [0.717, 1.165) is 48.3 Å². The first kappa shape index (κ1) is 49.8. The lowest BCUT2D eigenvalue weighted by atomic mass is 9.99. The largest absolute Gasteiger partial charge is 0.493 e. The minimum atomic E-state index is -0.666. The fraction of sp³-hybridized carbons (Fsp3) is 0.464. The molecule has 0 saturated carbocycles. The lowest BCUT2D eigenvalue weighted by molar-refractivity contribution is -0.117. The van der Waals surface area contributed by atoms with Gasteiger partial charge in [0.25, 0.3) is 0 Å². The number of hydrogen-bond acceptors (Lipinski definition) is 6. The number of unbranched alkanes of at least 4 members (excludes halogenated alkanes) is 18. The van der Waals surface area contributed by atoms with Gasteiger partial charge in [-0.25, -0.2) is 8.78 Å². The zero-order valence-corrected chi connectivity index (χ0v) is 39.6. The van der Waals surface area contributed by atoms with Gasteiger partial charge in [0.15, 0.2) is 0 Å². The highest BCUT2D eigenvalue weighted by Crippen LogP contribution is 2.45. The molecule has 2 heterocycles. The van der Waals surface area contributed by atoms with Gasteiger partial charge in [0.05, 0.1) is 24.6 Å². The lowest BCUT2D eigenvalue weighted by Crippen LogP contribution is -2.34. The van der Waals surface area contributed by atoms with Crippen LogP contribution in [0.15, 0.2) is 84.2 Å². The van der Waals surface area contributed by atoms with Crippen molar-refractivity contribution in [2.75, 3.05) is 23.0 Å². The molecule has 66 heavy (non-hydrogen) atoms. The molecule has 10 heteroatoms. The quantitative estimate of drug-likeness (QED) is 0.0460. The van der Waals surface area contributed by atoms with E-state index in [4.69, 9.17) is 9.47 Å². The number of ketones is 2. The van der Waals surface area contributed by atoms with E-state index in [-0.39, 0.29) is 45.0 Å². The van der Waals surface area contributed by atoms with Crippen LogP contribution >= 0.6 is 0 Å². The van der Waals surface area contributed by atoms with Gasteiger partial charge >= 0.3 is 0 Å². The second kappa shape index (κ2) is 24.8. The molecular formula is C56H68F2N2O6. The molecule has 0 aliphatic carbocycles. The van der Waals surface area contributed by atoms with Crippen molar-refractivity contribution >= 4 is 34.8 Å². The zero-order valence-electron chi connectivity index (χ0n) is 39.6. The maximum atomic E-state index is 15.7. The van der Waals surface area contributed by atoms with Crippen molar-refractivity contribution in [2.45, 2.75) is 156 Å².